The molecule has 1 aliphatic rings. The topological polar surface area (TPSA) is 55.7 Å². The second-order valence-corrected chi connectivity index (χ2v) is 6.67. The summed E-state index contributed by atoms with van der Waals surface area (Å²) in [6, 6.07) is 16.2. The minimum Gasteiger partial charge on any atom is -0.497 e. The van der Waals surface area contributed by atoms with Gasteiger partial charge in [-0.05, 0) is 67.4 Å². The smallest absolute Gasteiger partial charge is 0.151 e. The number of furan rings is 1. The lowest BCUT2D eigenvalue weighted by atomic mass is 10.1. The number of methoxy groups -OCH3 is 1. The third-order valence-electron chi connectivity index (χ3n) is 4.82. The standard InChI is InChI=1S/C22H24N2O3/c1-25-19-5-7-20(8-6-19)27-22-13-16(17-10-12-26-15-17)4-9-21(22)24-14-18-3-2-11-23-18/h4-10,12-13,15,18,23-24H,2-3,11,14H2,1H3/t18-/m0/s1. The summed E-state index contributed by atoms with van der Waals surface area (Å²) < 4.78 is 16.6. The molecule has 0 aliphatic carbocycles. The van der Waals surface area contributed by atoms with Crippen LogP contribution in [-0.4, -0.2) is 26.2 Å². The van der Waals surface area contributed by atoms with Gasteiger partial charge in [-0.2, -0.15) is 0 Å². The van der Waals surface area contributed by atoms with Crippen LogP contribution in [0.2, 0.25) is 0 Å². The molecule has 5 nitrogen and oxygen atoms in total. The number of ether oxygens (including phenoxy) is 2. The van der Waals surface area contributed by atoms with E-state index >= 15 is 0 Å². The van der Waals surface area contributed by atoms with E-state index in [0.717, 1.165) is 47.2 Å². The molecular weight excluding hydrogens is 340 g/mol. The molecule has 0 bridgehead atoms. The second kappa shape index (κ2) is 8.18. The summed E-state index contributed by atoms with van der Waals surface area (Å²) in [7, 11) is 1.66. The SMILES string of the molecule is COc1ccc(Oc2cc(-c3ccoc3)ccc2NC[C@@H]2CCCN2)cc1. The zero-order chi connectivity index (χ0) is 18.5. The molecule has 0 saturated carbocycles. The van der Waals surface area contributed by atoms with Gasteiger partial charge in [0.2, 0.25) is 0 Å². The van der Waals surface area contributed by atoms with Gasteiger partial charge in [-0.15, -0.1) is 0 Å². The van der Waals surface area contributed by atoms with E-state index in [1.54, 1.807) is 19.6 Å². The molecule has 140 valence electrons. The fraction of sp³-hybridized carbons (Fsp3) is 0.273. The Morgan fingerprint density at radius 3 is 2.63 bits per heavy atom. The van der Waals surface area contributed by atoms with Crippen molar-refractivity contribution < 1.29 is 13.9 Å². The molecule has 2 N–H and O–H groups in total. The first-order valence-corrected chi connectivity index (χ1v) is 9.27. The fourth-order valence-electron chi connectivity index (χ4n) is 3.30. The average molecular weight is 364 g/mol. The maximum atomic E-state index is 6.19. The van der Waals surface area contributed by atoms with E-state index in [0.29, 0.717) is 6.04 Å². The first kappa shape index (κ1) is 17.5. The van der Waals surface area contributed by atoms with Crippen LogP contribution in [0.4, 0.5) is 5.69 Å². The summed E-state index contributed by atoms with van der Waals surface area (Å²) in [5, 5.41) is 7.05. The maximum Gasteiger partial charge on any atom is 0.151 e. The number of anilines is 1. The van der Waals surface area contributed by atoms with Gasteiger partial charge in [0, 0.05) is 18.2 Å². The van der Waals surface area contributed by atoms with Gasteiger partial charge in [0.25, 0.3) is 0 Å². The zero-order valence-corrected chi connectivity index (χ0v) is 15.4. The van der Waals surface area contributed by atoms with Crippen LogP contribution in [0.1, 0.15) is 12.8 Å². The number of rotatable bonds is 7. The molecule has 2 aromatic carbocycles. The van der Waals surface area contributed by atoms with Crippen molar-refractivity contribution >= 4 is 5.69 Å². The molecule has 0 spiro atoms. The quantitative estimate of drug-likeness (QED) is 0.624. The predicted molar refractivity (Wildman–Crippen MR) is 107 cm³/mol. The van der Waals surface area contributed by atoms with Gasteiger partial charge in [-0.3, -0.25) is 0 Å². The Labute approximate surface area is 159 Å². The number of nitrogens with one attached hydrogen (secondary N) is 2. The Hall–Kier alpha value is -2.92. The van der Waals surface area contributed by atoms with Crippen LogP contribution in [0.25, 0.3) is 11.1 Å². The van der Waals surface area contributed by atoms with Gasteiger partial charge < -0.3 is 24.5 Å². The molecule has 1 fully saturated rings. The van der Waals surface area contributed by atoms with Crippen LogP contribution in [0.15, 0.2) is 65.5 Å². The van der Waals surface area contributed by atoms with E-state index in [9.17, 15) is 0 Å². The third-order valence-corrected chi connectivity index (χ3v) is 4.82. The van der Waals surface area contributed by atoms with Gasteiger partial charge in [-0.25, -0.2) is 0 Å². The highest BCUT2D eigenvalue weighted by molar-refractivity contribution is 5.70. The van der Waals surface area contributed by atoms with Gasteiger partial charge in [0.15, 0.2) is 5.75 Å². The largest absolute Gasteiger partial charge is 0.497 e. The third kappa shape index (κ3) is 4.26. The second-order valence-electron chi connectivity index (χ2n) is 6.67. The summed E-state index contributed by atoms with van der Waals surface area (Å²) in [5.41, 5.74) is 3.06. The molecule has 27 heavy (non-hydrogen) atoms. The van der Waals surface area contributed by atoms with Crippen LogP contribution >= 0.6 is 0 Å². The Balaban J connectivity index is 1.58. The normalized spacial score (nSPS) is 16.3. The summed E-state index contributed by atoms with van der Waals surface area (Å²) in [4.78, 5) is 0. The van der Waals surface area contributed by atoms with Crippen LogP contribution in [-0.2, 0) is 0 Å². The molecule has 0 amide bonds. The molecule has 5 heteroatoms. The molecule has 1 aromatic heterocycles. The minimum atomic E-state index is 0.507. The fourth-order valence-corrected chi connectivity index (χ4v) is 3.30. The predicted octanol–water partition coefficient (Wildman–Crippen LogP) is 4.91. The van der Waals surface area contributed by atoms with Crippen LogP contribution in [0, 0.1) is 0 Å². The summed E-state index contributed by atoms with van der Waals surface area (Å²) >= 11 is 0. The van der Waals surface area contributed by atoms with Gasteiger partial charge in [0.1, 0.15) is 11.5 Å². The lowest BCUT2D eigenvalue weighted by Gasteiger charge is -2.17. The number of hydrogen-bond donors (Lipinski definition) is 2. The van der Waals surface area contributed by atoms with Crippen molar-refractivity contribution in [1.82, 2.24) is 5.32 Å². The van der Waals surface area contributed by atoms with E-state index in [1.807, 2.05) is 36.4 Å². The first-order chi connectivity index (χ1) is 13.3. The van der Waals surface area contributed by atoms with Crippen molar-refractivity contribution in [2.45, 2.75) is 18.9 Å². The minimum absolute atomic E-state index is 0.507. The van der Waals surface area contributed by atoms with Gasteiger partial charge >= 0.3 is 0 Å². The van der Waals surface area contributed by atoms with Crippen LogP contribution in [0.3, 0.4) is 0 Å². The van der Waals surface area contributed by atoms with Crippen LogP contribution in [0.5, 0.6) is 17.2 Å². The molecule has 1 atom stereocenters. The van der Waals surface area contributed by atoms with E-state index in [-0.39, 0.29) is 0 Å². The summed E-state index contributed by atoms with van der Waals surface area (Å²) in [5.74, 6) is 2.36. The van der Waals surface area contributed by atoms with Gasteiger partial charge in [-0.1, -0.05) is 6.07 Å². The summed E-state index contributed by atoms with van der Waals surface area (Å²) in [6.07, 6.45) is 5.86. The Morgan fingerprint density at radius 2 is 1.93 bits per heavy atom. The Morgan fingerprint density at radius 1 is 1.07 bits per heavy atom. The zero-order valence-electron chi connectivity index (χ0n) is 15.4. The highest BCUT2D eigenvalue weighted by Gasteiger charge is 2.15. The molecular formula is C22H24N2O3. The van der Waals surface area contributed by atoms with Crippen LogP contribution < -0.4 is 20.1 Å². The molecule has 2 heterocycles. The monoisotopic (exact) mass is 364 g/mol. The van der Waals surface area contributed by atoms with Crippen molar-refractivity contribution in [3.05, 3.63) is 61.1 Å². The van der Waals surface area contributed by atoms with Crippen molar-refractivity contribution in [3.63, 3.8) is 0 Å². The van der Waals surface area contributed by atoms with Crippen molar-refractivity contribution in [3.8, 4) is 28.4 Å². The lowest BCUT2D eigenvalue weighted by molar-refractivity contribution is 0.413. The highest BCUT2D eigenvalue weighted by atomic mass is 16.5. The van der Waals surface area contributed by atoms with Crippen molar-refractivity contribution in [1.29, 1.82) is 0 Å². The van der Waals surface area contributed by atoms with Crippen molar-refractivity contribution in [2.75, 3.05) is 25.5 Å². The number of hydrogen-bond acceptors (Lipinski definition) is 5. The maximum absolute atomic E-state index is 6.19. The van der Waals surface area contributed by atoms with Gasteiger partial charge in [0.05, 0.1) is 25.3 Å². The summed E-state index contributed by atoms with van der Waals surface area (Å²) in [6.45, 7) is 1.98. The molecule has 1 saturated heterocycles. The van der Waals surface area contributed by atoms with E-state index in [2.05, 4.69) is 22.8 Å². The molecule has 4 rings (SSSR count). The first-order valence-electron chi connectivity index (χ1n) is 9.27. The van der Waals surface area contributed by atoms with E-state index in [4.69, 9.17) is 13.9 Å². The Kier molecular flexibility index (Phi) is 5.30. The Bertz CT molecular complexity index is 854. The highest BCUT2D eigenvalue weighted by Crippen LogP contribution is 2.35. The van der Waals surface area contributed by atoms with E-state index < -0.39 is 0 Å². The van der Waals surface area contributed by atoms with Crippen molar-refractivity contribution in [2.24, 2.45) is 0 Å². The lowest BCUT2D eigenvalue weighted by Crippen LogP contribution is -2.29. The molecule has 1 aliphatic heterocycles. The van der Waals surface area contributed by atoms with E-state index in [1.165, 1.54) is 12.8 Å². The molecule has 3 aromatic rings. The average Bonchev–Trinajstić information content (AvgIpc) is 3.42. The molecule has 0 radical (unpaired) electrons. The molecule has 0 unspecified atom stereocenters. The number of benzene rings is 2.